The fourth-order valence-corrected chi connectivity index (χ4v) is 5.84. The molecule has 1 spiro atoms. The molecule has 3 fully saturated rings. The predicted octanol–water partition coefficient (Wildman–Crippen LogP) is 4.17. The number of hydrogen-bond donors (Lipinski definition) is 0. The molecular formula is C15H22. The Labute approximate surface area is 93.1 Å². The third kappa shape index (κ3) is 0.867. The molecule has 0 aliphatic heterocycles. The van der Waals surface area contributed by atoms with Gasteiger partial charge in [-0.3, -0.25) is 0 Å². The van der Waals surface area contributed by atoms with Crippen molar-refractivity contribution in [3.05, 3.63) is 11.1 Å². The molecule has 4 rings (SSSR count). The Bertz CT molecular complexity index is 315. The smallest absolute Gasteiger partial charge is 0.0195 e. The van der Waals surface area contributed by atoms with Crippen LogP contribution in [0.4, 0.5) is 0 Å². The lowest BCUT2D eigenvalue weighted by atomic mass is 9.75. The van der Waals surface area contributed by atoms with Crippen LogP contribution in [-0.2, 0) is 0 Å². The lowest BCUT2D eigenvalue weighted by molar-refractivity contribution is 0.195. The average Bonchev–Trinajstić information content (AvgIpc) is 2.79. The molecule has 0 radical (unpaired) electrons. The second kappa shape index (κ2) is 2.52. The topological polar surface area (TPSA) is 0 Å². The Balaban J connectivity index is 1.89. The summed E-state index contributed by atoms with van der Waals surface area (Å²) in [6, 6.07) is 0. The van der Waals surface area contributed by atoms with Crippen molar-refractivity contribution in [1.82, 2.24) is 0 Å². The molecule has 0 saturated heterocycles. The highest BCUT2D eigenvalue weighted by Crippen LogP contribution is 2.70. The van der Waals surface area contributed by atoms with Gasteiger partial charge in [-0.2, -0.15) is 0 Å². The maximum Gasteiger partial charge on any atom is -0.0195 e. The zero-order chi connectivity index (χ0) is 10.2. The van der Waals surface area contributed by atoms with Crippen LogP contribution in [0.2, 0.25) is 0 Å². The molecule has 4 aliphatic rings. The SMILES string of the molecule is CC1=C(C)C2CC3CCC4CC1CC43C2. The van der Waals surface area contributed by atoms with Gasteiger partial charge >= 0.3 is 0 Å². The summed E-state index contributed by atoms with van der Waals surface area (Å²) in [5.74, 6) is 4.23. The van der Waals surface area contributed by atoms with E-state index >= 15 is 0 Å². The molecule has 0 aromatic heterocycles. The lowest BCUT2D eigenvalue weighted by Gasteiger charge is -2.29. The Hall–Kier alpha value is -0.260. The van der Waals surface area contributed by atoms with Crippen LogP contribution >= 0.6 is 0 Å². The fraction of sp³-hybridized carbons (Fsp3) is 0.867. The number of hydrogen-bond acceptors (Lipinski definition) is 0. The van der Waals surface area contributed by atoms with Gasteiger partial charge in [0, 0.05) is 0 Å². The average molecular weight is 202 g/mol. The molecule has 0 heterocycles. The molecule has 0 aromatic carbocycles. The monoisotopic (exact) mass is 202 g/mol. The highest BCUT2D eigenvalue weighted by Gasteiger charge is 2.61. The van der Waals surface area contributed by atoms with Gasteiger partial charge in [-0.25, -0.2) is 0 Å². The van der Waals surface area contributed by atoms with E-state index in [1.807, 2.05) is 0 Å². The van der Waals surface area contributed by atoms with Crippen LogP contribution in [0.25, 0.3) is 0 Å². The van der Waals surface area contributed by atoms with Gasteiger partial charge in [0.15, 0.2) is 0 Å². The van der Waals surface area contributed by atoms with Crippen LogP contribution in [0.5, 0.6) is 0 Å². The van der Waals surface area contributed by atoms with Crippen molar-refractivity contribution in [2.24, 2.45) is 29.1 Å². The van der Waals surface area contributed by atoms with Crippen molar-refractivity contribution in [2.45, 2.75) is 52.4 Å². The van der Waals surface area contributed by atoms with Crippen molar-refractivity contribution < 1.29 is 0 Å². The fourth-order valence-electron chi connectivity index (χ4n) is 5.84. The largest absolute Gasteiger partial charge is 0.0710 e. The standard InChI is InChI=1S/C15H22/c1-9-10(2)12-6-14-4-3-13-5-11(9)7-15(13,14)8-12/h11-14H,3-8H2,1-2H3. The van der Waals surface area contributed by atoms with Gasteiger partial charge in [-0.05, 0) is 81.5 Å². The summed E-state index contributed by atoms with van der Waals surface area (Å²) in [6.07, 6.45) is 9.38. The third-order valence-electron chi connectivity index (χ3n) is 6.73. The molecule has 0 heteroatoms. The van der Waals surface area contributed by atoms with E-state index in [0.717, 1.165) is 29.1 Å². The van der Waals surface area contributed by atoms with Crippen molar-refractivity contribution in [3.63, 3.8) is 0 Å². The van der Waals surface area contributed by atoms with Crippen LogP contribution in [0, 0.1) is 29.1 Å². The lowest BCUT2D eigenvalue weighted by Crippen LogP contribution is -2.22. The third-order valence-corrected chi connectivity index (χ3v) is 6.73. The van der Waals surface area contributed by atoms with E-state index in [2.05, 4.69) is 13.8 Å². The van der Waals surface area contributed by atoms with Gasteiger partial charge < -0.3 is 0 Å². The Kier molecular flexibility index (Phi) is 1.49. The normalized spacial score (nSPS) is 56.4. The molecule has 4 unspecified atom stereocenters. The van der Waals surface area contributed by atoms with E-state index in [1.54, 1.807) is 49.7 Å². The molecule has 0 amide bonds. The first-order chi connectivity index (χ1) is 7.21. The van der Waals surface area contributed by atoms with Crippen LogP contribution in [0.3, 0.4) is 0 Å². The van der Waals surface area contributed by atoms with Gasteiger partial charge in [0.1, 0.15) is 0 Å². The molecule has 0 nitrogen and oxygen atoms in total. The Morgan fingerprint density at radius 1 is 0.867 bits per heavy atom. The van der Waals surface area contributed by atoms with Crippen LogP contribution in [0.15, 0.2) is 11.1 Å². The van der Waals surface area contributed by atoms with Gasteiger partial charge in [-0.15, -0.1) is 0 Å². The van der Waals surface area contributed by atoms with Crippen molar-refractivity contribution in [1.29, 1.82) is 0 Å². The number of fused-ring (bicyclic) bond motifs is 2. The summed E-state index contributed by atoms with van der Waals surface area (Å²) in [4.78, 5) is 0. The van der Waals surface area contributed by atoms with E-state index in [4.69, 9.17) is 0 Å². The number of rotatable bonds is 0. The van der Waals surface area contributed by atoms with E-state index in [1.165, 1.54) is 0 Å². The van der Waals surface area contributed by atoms with Crippen LogP contribution < -0.4 is 0 Å². The molecule has 4 atom stereocenters. The van der Waals surface area contributed by atoms with Gasteiger partial charge in [0.25, 0.3) is 0 Å². The van der Waals surface area contributed by atoms with E-state index in [9.17, 15) is 0 Å². The number of allylic oxidation sites excluding steroid dienone is 2. The first-order valence-corrected chi connectivity index (χ1v) is 6.88. The summed E-state index contributed by atoms with van der Waals surface area (Å²) < 4.78 is 0. The molecule has 3 bridgehead atoms. The minimum absolute atomic E-state index is 0.842. The quantitative estimate of drug-likeness (QED) is 0.517. The molecule has 3 saturated carbocycles. The maximum absolute atomic E-state index is 2.44. The van der Waals surface area contributed by atoms with Crippen molar-refractivity contribution >= 4 is 0 Å². The summed E-state index contributed by atoms with van der Waals surface area (Å²) in [7, 11) is 0. The van der Waals surface area contributed by atoms with Crippen LogP contribution in [0.1, 0.15) is 52.4 Å². The summed E-state index contributed by atoms with van der Waals surface area (Å²) in [6.45, 7) is 4.88. The first-order valence-electron chi connectivity index (χ1n) is 6.88. The molecule has 4 aliphatic carbocycles. The maximum atomic E-state index is 2.44. The van der Waals surface area contributed by atoms with Gasteiger partial charge in [0.2, 0.25) is 0 Å². The first kappa shape index (κ1) is 8.84. The molecule has 82 valence electrons. The van der Waals surface area contributed by atoms with Crippen molar-refractivity contribution in [2.75, 3.05) is 0 Å². The minimum atomic E-state index is 0.842. The second-order valence-electron chi connectivity index (χ2n) is 6.84. The van der Waals surface area contributed by atoms with E-state index in [0.29, 0.717) is 0 Å². The Morgan fingerprint density at radius 2 is 1.33 bits per heavy atom. The molecule has 15 heavy (non-hydrogen) atoms. The molecule has 0 aromatic rings. The molecular weight excluding hydrogens is 180 g/mol. The highest BCUT2D eigenvalue weighted by molar-refractivity contribution is 5.28. The van der Waals surface area contributed by atoms with Crippen LogP contribution in [-0.4, -0.2) is 0 Å². The van der Waals surface area contributed by atoms with E-state index in [-0.39, 0.29) is 0 Å². The summed E-state index contributed by atoms with van der Waals surface area (Å²) >= 11 is 0. The van der Waals surface area contributed by atoms with Gasteiger partial charge in [-0.1, -0.05) is 11.1 Å². The second-order valence-corrected chi connectivity index (χ2v) is 6.84. The minimum Gasteiger partial charge on any atom is -0.0710 e. The van der Waals surface area contributed by atoms with Gasteiger partial charge in [0.05, 0.1) is 0 Å². The predicted molar refractivity (Wildman–Crippen MR) is 62.5 cm³/mol. The zero-order valence-corrected chi connectivity index (χ0v) is 10.1. The molecule has 0 N–H and O–H groups in total. The Morgan fingerprint density at radius 3 is 1.80 bits per heavy atom. The zero-order valence-electron chi connectivity index (χ0n) is 10.1. The summed E-state index contributed by atoms with van der Waals surface area (Å²) in [5.41, 5.74) is 4.43. The highest BCUT2D eigenvalue weighted by atomic mass is 14.7. The van der Waals surface area contributed by atoms with E-state index < -0.39 is 0 Å². The summed E-state index contributed by atoms with van der Waals surface area (Å²) in [5, 5.41) is 0. The van der Waals surface area contributed by atoms with Crippen molar-refractivity contribution in [3.8, 4) is 0 Å².